The standard InChI is InChI=1S/C40H45ClN4O6/c1-27-31(9-6-10-33(27)34-11-7-12-37(28(34)2)49-16-8-15-45-13-4-3-5-14-45)26-51-39-19-38(50-25-30-17-29(20-42)21-43-22-30)32(18-35(39)41)23-44-36(24-46)40(47)48/h6-7,9-12,17-19,21-22,36,44,46H,3-5,8,13-16,23-26H2,1-2H3,(H,47,48). The van der Waals surface area contributed by atoms with Crippen LogP contribution in [0.5, 0.6) is 17.2 Å². The van der Waals surface area contributed by atoms with Gasteiger partial charge < -0.3 is 29.3 Å². The third kappa shape index (κ3) is 10.2. The number of aliphatic carboxylic acids is 1. The van der Waals surface area contributed by atoms with Crippen molar-refractivity contribution >= 4 is 17.6 Å². The molecule has 1 unspecified atom stereocenters. The number of nitrogens with one attached hydrogen (secondary N) is 1. The number of benzene rings is 3. The Labute approximate surface area is 304 Å². The topological polar surface area (TPSA) is 137 Å². The Morgan fingerprint density at radius 1 is 0.941 bits per heavy atom. The summed E-state index contributed by atoms with van der Waals surface area (Å²) in [6.45, 7) is 8.12. The zero-order chi connectivity index (χ0) is 36.2. The number of aliphatic hydroxyl groups is 1. The second-order valence-electron chi connectivity index (χ2n) is 12.7. The van der Waals surface area contributed by atoms with E-state index in [0.29, 0.717) is 39.8 Å². The van der Waals surface area contributed by atoms with E-state index in [2.05, 4.69) is 47.3 Å². The van der Waals surface area contributed by atoms with Gasteiger partial charge in [-0.3, -0.25) is 15.1 Å². The predicted octanol–water partition coefficient (Wildman–Crippen LogP) is 6.84. The number of ether oxygens (including phenoxy) is 3. The Hall–Kier alpha value is -4.66. The minimum Gasteiger partial charge on any atom is -0.493 e. The quantitative estimate of drug-likeness (QED) is 0.0999. The largest absolute Gasteiger partial charge is 0.493 e. The van der Waals surface area contributed by atoms with Gasteiger partial charge in [-0.15, -0.1) is 0 Å². The monoisotopic (exact) mass is 712 g/mol. The van der Waals surface area contributed by atoms with E-state index >= 15 is 0 Å². The van der Waals surface area contributed by atoms with Crippen LogP contribution >= 0.6 is 11.6 Å². The average Bonchev–Trinajstić information content (AvgIpc) is 3.14. The first-order valence-electron chi connectivity index (χ1n) is 17.3. The van der Waals surface area contributed by atoms with Crippen molar-refractivity contribution in [2.75, 3.05) is 32.8 Å². The molecule has 0 spiro atoms. The lowest BCUT2D eigenvalue weighted by Crippen LogP contribution is -2.39. The SMILES string of the molecule is Cc1c(COc2cc(OCc3cncc(C#N)c3)c(CNC(CO)C(=O)O)cc2Cl)cccc1-c1cccc(OCCCN2CCCCC2)c1C. The number of carboxylic acid groups (broad SMARTS) is 1. The van der Waals surface area contributed by atoms with Crippen LogP contribution in [0.4, 0.5) is 0 Å². The molecule has 1 saturated heterocycles. The maximum atomic E-state index is 11.5. The lowest BCUT2D eigenvalue weighted by Gasteiger charge is -2.26. The van der Waals surface area contributed by atoms with Gasteiger partial charge in [-0.25, -0.2) is 0 Å². The fraction of sp³-hybridized carbons (Fsp3) is 0.375. The molecular weight excluding hydrogens is 668 g/mol. The smallest absolute Gasteiger partial charge is 0.323 e. The molecule has 1 fully saturated rings. The van der Waals surface area contributed by atoms with Crippen molar-refractivity contribution in [1.82, 2.24) is 15.2 Å². The minimum atomic E-state index is -1.18. The molecule has 0 amide bonds. The highest BCUT2D eigenvalue weighted by atomic mass is 35.5. The number of aromatic nitrogens is 1. The van der Waals surface area contributed by atoms with Gasteiger partial charge in [0.1, 0.15) is 42.6 Å². The van der Waals surface area contributed by atoms with E-state index in [9.17, 15) is 20.3 Å². The van der Waals surface area contributed by atoms with E-state index in [1.54, 1.807) is 24.4 Å². The molecule has 1 aromatic heterocycles. The van der Waals surface area contributed by atoms with Gasteiger partial charge in [0, 0.05) is 42.7 Å². The molecule has 5 rings (SSSR count). The molecule has 3 aromatic carbocycles. The minimum absolute atomic E-state index is 0.0606. The van der Waals surface area contributed by atoms with Crippen LogP contribution in [-0.2, 0) is 24.6 Å². The van der Waals surface area contributed by atoms with E-state index in [1.165, 1.54) is 38.5 Å². The Kier molecular flexibility index (Phi) is 13.7. The third-order valence-corrected chi connectivity index (χ3v) is 9.48. The number of halogens is 1. The molecule has 268 valence electrons. The Morgan fingerprint density at radius 2 is 1.69 bits per heavy atom. The Bertz CT molecular complexity index is 1840. The van der Waals surface area contributed by atoms with Crippen molar-refractivity contribution < 1.29 is 29.2 Å². The molecule has 0 saturated carbocycles. The van der Waals surface area contributed by atoms with Gasteiger partial charge in [0.15, 0.2) is 0 Å². The molecule has 10 nitrogen and oxygen atoms in total. The average molecular weight is 713 g/mol. The van der Waals surface area contributed by atoms with Crippen molar-refractivity contribution in [3.63, 3.8) is 0 Å². The van der Waals surface area contributed by atoms with E-state index in [0.717, 1.165) is 46.5 Å². The summed E-state index contributed by atoms with van der Waals surface area (Å²) in [5.41, 5.74) is 6.99. The van der Waals surface area contributed by atoms with Gasteiger partial charge in [-0.05, 0) is 92.2 Å². The number of likely N-dealkylation sites (tertiary alicyclic amines) is 1. The van der Waals surface area contributed by atoms with Gasteiger partial charge in [0.2, 0.25) is 0 Å². The van der Waals surface area contributed by atoms with Gasteiger partial charge in [0.25, 0.3) is 0 Å². The Balaban J connectivity index is 1.30. The number of hydrogen-bond acceptors (Lipinski definition) is 9. The van der Waals surface area contributed by atoms with E-state index in [1.807, 2.05) is 24.3 Å². The first-order valence-corrected chi connectivity index (χ1v) is 17.7. The third-order valence-electron chi connectivity index (χ3n) is 9.18. The Morgan fingerprint density at radius 3 is 2.43 bits per heavy atom. The number of hydrogen-bond donors (Lipinski definition) is 3. The van der Waals surface area contributed by atoms with Crippen LogP contribution in [0.15, 0.2) is 67.0 Å². The molecule has 0 aliphatic carbocycles. The summed E-state index contributed by atoms with van der Waals surface area (Å²) in [5, 5.41) is 31.3. The number of carboxylic acids is 1. The van der Waals surface area contributed by atoms with Crippen LogP contribution in [0.2, 0.25) is 5.02 Å². The van der Waals surface area contributed by atoms with Gasteiger partial charge in [0.05, 0.1) is 23.8 Å². The first-order chi connectivity index (χ1) is 24.8. The van der Waals surface area contributed by atoms with Crippen molar-refractivity contribution in [3.05, 3.63) is 105 Å². The summed E-state index contributed by atoms with van der Waals surface area (Å²) in [6, 6.07) is 18.2. The summed E-state index contributed by atoms with van der Waals surface area (Å²) in [4.78, 5) is 18.1. The van der Waals surface area contributed by atoms with Crippen LogP contribution in [-0.4, -0.2) is 65.0 Å². The normalized spacial score (nSPS) is 13.7. The molecule has 0 bridgehead atoms. The first kappa shape index (κ1) is 37.6. The molecule has 4 aromatic rings. The number of nitriles is 1. The number of aliphatic hydroxyl groups excluding tert-OH is 1. The summed E-state index contributed by atoms with van der Waals surface area (Å²) in [6.07, 6.45) is 7.99. The second kappa shape index (κ2) is 18.5. The lowest BCUT2D eigenvalue weighted by molar-refractivity contribution is -0.140. The second-order valence-corrected chi connectivity index (χ2v) is 13.1. The number of pyridine rings is 1. The number of rotatable bonds is 17. The van der Waals surface area contributed by atoms with Gasteiger partial charge >= 0.3 is 5.97 Å². The van der Waals surface area contributed by atoms with Crippen molar-refractivity contribution in [1.29, 1.82) is 5.26 Å². The van der Waals surface area contributed by atoms with E-state index in [4.69, 9.17) is 25.8 Å². The summed E-state index contributed by atoms with van der Waals surface area (Å²) in [7, 11) is 0. The summed E-state index contributed by atoms with van der Waals surface area (Å²) in [5.74, 6) is 0.503. The van der Waals surface area contributed by atoms with Crippen molar-refractivity contribution in [2.24, 2.45) is 0 Å². The molecule has 1 aliphatic rings. The summed E-state index contributed by atoms with van der Waals surface area (Å²) >= 11 is 6.70. The summed E-state index contributed by atoms with van der Waals surface area (Å²) < 4.78 is 18.7. The molecule has 51 heavy (non-hydrogen) atoms. The highest BCUT2D eigenvalue weighted by Gasteiger charge is 2.19. The molecule has 1 aliphatic heterocycles. The van der Waals surface area contributed by atoms with Crippen molar-refractivity contribution in [3.8, 4) is 34.4 Å². The zero-order valence-corrected chi connectivity index (χ0v) is 29.9. The van der Waals surface area contributed by atoms with E-state index < -0.39 is 18.6 Å². The maximum absolute atomic E-state index is 11.5. The predicted molar refractivity (Wildman–Crippen MR) is 196 cm³/mol. The van der Waals surface area contributed by atoms with Crippen LogP contribution in [0.3, 0.4) is 0 Å². The molecule has 1 atom stereocenters. The van der Waals surface area contributed by atoms with Crippen LogP contribution in [0, 0.1) is 25.2 Å². The molecule has 2 heterocycles. The van der Waals surface area contributed by atoms with Crippen LogP contribution in [0.25, 0.3) is 11.1 Å². The molecule has 3 N–H and O–H groups in total. The van der Waals surface area contributed by atoms with Gasteiger partial charge in [-0.2, -0.15) is 5.26 Å². The number of carbonyl (C=O) groups is 1. The maximum Gasteiger partial charge on any atom is 0.323 e. The zero-order valence-electron chi connectivity index (χ0n) is 29.2. The molecule has 11 heteroatoms. The number of nitrogens with zero attached hydrogens (tertiary/aromatic N) is 3. The highest BCUT2D eigenvalue weighted by molar-refractivity contribution is 6.32. The fourth-order valence-electron chi connectivity index (χ4n) is 6.21. The fourth-order valence-corrected chi connectivity index (χ4v) is 6.45. The van der Waals surface area contributed by atoms with Gasteiger partial charge in [-0.1, -0.05) is 48.4 Å². The number of piperidine rings is 1. The van der Waals surface area contributed by atoms with Crippen molar-refractivity contribution in [2.45, 2.75) is 65.3 Å². The van der Waals surface area contributed by atoms with Crippen LogP contribution < -0.4 is 19.5 Å². The van der Waals surface area contributed by atoms with Crippen LogP contribution in [0.1, 0.15) is 59.1 Å². The molecular formula is C40H45ClN4O6. The lowest BCUT2D eigenvalue weighted by atomic mass is 9.93. The highest BCUT2D eigenvalue weighted by Crippen LogP contribution is 2.36. The van der Waals surface area contributed by atoms with E-state index in [-0.39, 0.29) is 19.8 Å². The molecule has 0 radical (unpaired) electrons.